The van der Waals surface area contributed by atoms with Gasteiger partial charge in [0.1, 0.15) is 0 Å². The second-order valence-corrected chi connectivity index (χ2v) is 13.3. The summed E-state index contributed by atoms with van der Waals surface area (Å²) in [6.45, 7) is 18.3. The van der Waals surface area contributed by atoms with Crippen LogP contribution in [0, 0.1) is 6.92 Å². The first kappa shape index (κ1) is 24.8. The topological polar surface area (TPSA) is 0 Å². The average Bonchev–Trinajstić information content (AvgIpc) is 3.00. The zero-order valence-corrected chi connectivity index (χ0v) is 22.9. The molecule has 156 valence electrons. The summed E-state index contributed by atoms with van der Waals surface area (Å²) in [7, 11) is 9.87. The first-order valence-corrected chi connectivity index (χ1v) is 16.6. The molecule has 0 aromatic heterocycles. The van der Waals surface area contributed by atoms with Gasteiger partial charge in [-0.15, -0.1) is 34.5 Å². The molecule has 0 atom stereocenters. The van der Waals surface area contributed by atoms with Gasteiger partial charge in [-0.3, -0.25) is 0 Å². The summed E-state index contributed by atoms with van der Waals surface area (Å²) in [5.41, 5.74) is 8.56. The van der Waals surface area contributed by atoms with E-state index in [1.165, 1.54) is 44.2 Å². The van der Waals surface area contributed by atoms with Crippen LogP contribution in [-0.2, 0) is 26.3 Å². The van der Waals surface area contributed by atoms with Gasteiger partial charge >= 0.3 is 37.9 Å². The number of halogens is 2. The van der Waals surface area contributed by atoms with Crippen molar-refractivity contribution in [1.29, 1.82) is 0 Å². The fraction of sp³-hybridized carbons (Fsp3) is 0.423. The van der Waals surface area contributed by atoms with E-state index < -0.39 is 20.8 Å². The summed E-state index contributed by atoms with van der Waals surface area (Å²) in [5.74, 6) is 1.07. The summed E-state index contributed by atoms with van der Waals surface area (Å²) < 4.78 is 0. The molecule has 3 rings (SSSR count). The predicted octanol–water partition coefficient (Wildman–Crippen LogP) is 9.45. The zero-order chi connectivity index (χ0) is 21.9. The monoisotopic (exact) mass is 505 g/mol. The number of aryl methyl sites for hydroxylation is 1. The minimum absolute atomic E-state index is 0.112. The van der Waals surface area contributed by atoms with Crippen molar-refractivity contribution in [2.24, 2.45) is 0 Å². The third-order valence-corrected chi connectivity index (χ3v) is 5.44. The van der Waals surface area contributed by atoms with Crippen LogP contribution in [0.5, 0.6) is 0 Å². The summed E-state index contributed by atoms with van der Waals surface area (Å²) in [6.07, 6.45) is 0. The van der Waals surface area contributed by atoms with Crippen molar-refractivity contribution in [2.45, 2.75) is 72.6 Å². The Balaban J connectivity index is 0.000000941. The number of hydrogen-bond donors (Lipinski definition) is 0. The van der Waals surface area contributed by atoms with Gasteiger partial charge in [0, 0.05) is 0 Å². The molecule has 0 fully saturated rings. The second kappa shape index (κ2) is 10.2. The average molecular weight is 508 g/mol. The molecule has 0 radical (unpaired) electrons. The van der Waals surface area contributed by atoms with Crippen LogP contribution in [0.15, 0.2) is 42.5 Å². The Morgan fingerprint density at radius 3 is 1.83 bits per heavy atom. The molecule has 3 aromatic rings. The minimum atomic E-state index is -0.826. The molecule has 0 bridgehead atoms. The number of hydrogen-bond acceptors (Lipinski definition) is 0. The van der Waals surface area contributed by atoms with Crippen molar-refractivity contribution >= 4 is 27.8 Å². The van der Waals surface area contributed by atoms with Crippen LogP contribution in [-0.4, -0.2) is 0 Å². The molecule has 0 saturated heterocycles. The molecular weight excluding hydrogens is 474 g/mol. The van der Waals surface area contributed by atoms with E-state index in [1.807, 2.05) is 0 Å². The number of benzene rings is 2. The predicted molar refractivity (Wildman–Crippen MR) is 128 cm³/mol. The maximum absolute atomic E-state index is 4.93. The maximum atomic E-state index is 4.93. The van der Waals surface area contributed by atoms with Crippen LogP contribution in [0.2, 0.25) is 0 Å². The van der Waals surface area contributed by atoms with Crippen LogP contribution >= 0.6 is 17.0 Å². The Morgan fingerprint density at radius 1 is 0.862 bits per heavy atom. The SMILES string of the molecule is Cc1cc2c(-c3cc(C(C)C)cc(C(C)C)c3)c(C(C)(C)C)ccc2[cH-]1.[Cl][Zr][Cl]. The van der Waals surface area contributed by atoms with Gasteiger partial charge in [0.25, 0.3) is 0 Å². The third-order valence-electron chi connectivity index (χ3n) is 5.44. The molecule has 0 nitrogen and oxygen atoms in total. The van der Waals surface area contributed by atoms with E-state index in [-0.39, 0.29) is 5.41 Å². The van der Waals surface area contributed by atoms with Gasteiger partial charge in [0.2, 0.25) is 0 Å². The van der Waals surface area contributed by atoms with Crippen LogP contribution in [0.3, 0.4) is 0 Å². The van der Waals surface area contributed by atoms with Crippen molar-refractivity contribution < 1.29 is 20.8 Å². The van der Waals surface area contributed by atoms with E-state index in [1.54, 1.807) is 0 Å². The van der Waals surface area contributed by atoms with Gasteiger partial charge in [-0.1, -0.05) is 84.7 Å². The Kier molecular flexibility index (Phi) is 8.73. The van der Waals surface area contributed by atoms with Crippen molar-refractivity contribution in [3.8, 4) is 11.1 Å². The van der Waals surface area contributed by atoms with Crippen LogP contribution < -0.4 is 0 Å². The summed E-state index contributed by atoms with van der Waals surface area (Å²) in [5, 5.41) is 2.75. The normalized spacial score (nSPS) is 11.7. The van der Waals surface area contributed by atoms with Gasteiger partial charge in [0.05, 0.1) is 0 Å². The zero-order valence-electron chi connectivity index (χ0n) is 19.0. The molecule has 0 aliphatic rings. The van der Waals surface area contributed by atoms with E-state index in [2.05, 4.69) is 97.9 Å². The van der Waals surface area contributed by atoms with Gasteiger partial charge in [-0.2, -0.15) is 6.07 Å². The molecule has 0 aliphatic heterocycles. The molecule has 0 saturated carbocycles. The van der Waals surface area contributed by atoms with E-state index in [9.17, 15) is 0 Å². The Hall–Kier alpha value is -0.487. The fourth-order valence-corrected chi connectivity index (χ4v) is 3.86. The summed E-state index contributed by atoms with van der Waals surface area (Å²) >= 11 is -0.826. The van der Waals surface area contributed by atoms with E-state index in [4.69, 9.17) is 17.0 Å². The number of rotatable bonds is 3. The third kappa shape index (κ3) is 6.03. The molecule has 0 heterocycles. The molecule has 3 aromatic carbocycles. The van der Waals surface area contributed by atoms with Crippen LogP contribution in [0.1, 0.15) is 82.6 Å². The van der Waals surface area contributed by atoms with Gasteiger partial charge in [0.15, 0.2) is 0 Å². The number of fused-ring (bicyclic) bond motifs is 1. The molecular formula is C26H33Cl2Zr-. The summed E-state index contributed by atoms with van der Waals surface area (Å²) in [6, 6.07) is 16.5. The van der Waals surface area contributed by atoms with Crippen molar-refractivity contribution in [3.63, 3.8) is 0 Å². The molecule has 0 aliphatic carbocycles. The molecule has 0 spiro atoms. The van der Waals surface area contributed by atoms with Crippen molar-refractivity contribution in [3.05, 3.63) is 64.7 Å². The molecule has 0 N–H and O–H groups in total. The van der Waals surface area contributed by atoms with Gasteiger partial charge in [-0.25, -0.2) is 0 Å². The second-order valence-electron chi connectivity index (χ2n) is 9.54. The fourth-order valence-electron chi connectivity index (χ4n) is 3.86. The first-order valence-electron chi connectivity index (χ1n) is 10.3. The van der Waals surface area contributed by atoms with E-state index in [0.717, 1.165) is 0 Å². The van der Waals surface area contributed by atoms with Crippen molar-refractivity contribution in [1.82, 2.24) is 0 Å². The molecule has 29 heavy (non-hydrogen) atoms. The summed E-state index contributed by atoms with van der Waals surface area (Å²) in [4.78, 5) is 0. The van der Waals surface area contributed by atoms with E-state index >= 15 is 0 Å². The van der Waals surface area contributed by atoms with Gasteiger partial charge < -0.3 is 0 Å². The molecule has 3 heteroatoms. The van der Waals surface area contributed by atoms with Crippen molar-refractivity contribution in [2.75, 3.05) is 0 Å². The molecule has 0 unspecified atom stereocenters. The quantitative estimate of drug-likeness (QED) is 0.310. The Labute approximate surface area is 196 Å². The first-order chi connectivity index (χ1) is 13.5. The van der Waals surface area contributed by atoms with E-state index in [0.29, 0.717) is 11.8 Å². The Morgan fingerprint density at radius 2 is 1.38 bits per heavy atom. The van der Waals surface area contributed by atoms with Crippen LogP contribution in [0.4, 0.5) is 0 Å². The molecule has 0 amide bonds. The van der Waals surface area contributed by atoms with Gasteiger partial charge in [-0.05, 0) is 33.9 Å². The Bertz CT molecular complexity index is 932. The standard InChI is InChI=1S/C26H33.2ClH.Zr/c1-16(2)20-13-21(17(3)4)15-22(14-20)25-23-12-18(5)11-19(23)9-10-24(25)26(6,7)8;;;/h9-17H,1-8H3;2*1H;/q-1;;;+2/p-2. The van der Waals surface area contributed by atoms with Crippen LogP contribution in [0.25, 0.3) is 21.9 Å².